The van der Waals surface area contributed by atoms with Crippen molar-refractivity contribution >= 4 is 12.4 Å². The van der Waals surface area contributed by atoms with E-state index in [1.165, 1.54) is 22.3 Å². The third-order valence-electron chi connectivity index (χ3n) is 8.13. The fraction of sp³-hybridized carbons (Fsp3) is 0.517. The molecule has 2 unspecified atom stereocenters. The van der Waals surface area contributed by atoms with Gasteiger partial charge in [-0.3, -0.25) is 4.90 Å². The van der Waals surface area contributed by atoms with E-state index in [0.717, 1.165) is 74.7 Å². The first-order chi connectivity index (χ1) is 17.1. The van der Waals surface area contributed by atoms with Crippen molar-refractivity contribution in [3.8, 4) is 23.0 Å². The van der Waals surface area contributed by atoms with Crippen molar-refractivity contribution in [1.82, 2.24) is 10.2 Å². The summed E-state index contributed by atoms with van der Waals surface area (Å²) >= 11 is 0. The maximum Gasteiger partial charge on any atom is 0.161 e. The number of methoxy groups -OCH3 is 4. The van der Waals surface area contributed by atoms with Gasteiger partial charge in [-0.1, -0.05) is 18.1 Å². The van der Waals surface area contributed by atoms with E-state index < -0.39 is 0 Å². The van der Waals surface area contributed by atoms with Gasteiger partial charge in [0.25, 0.3) is 0 Å². The van der Waals surface area contributed by atoms with Crippen LogP contribution in [0.4, 0.5) is 0 Å². The van der Waals surface area contributed by atoms with Gasteiger partial charge in [0, 0.05) is 25.2 Å². The topological polar surface area (TPSA) is 52.2 Å². The second-order valence-electron chi connectivity index (χ2n) is 9.77. The van der Waals surface area contributed by atoms with Gasteiger partial charge in [0.15, 0.2) is 23.0 Å². The smallest absolute Gasteiger partial charge is 0.161 e. The second kappa shape index (κ2) is 11.3. The number of hydrogen-bond acceptors (Lipinski definition) is 6. The molecule has 3 aliphatic rings. The summed E-state index contributed by atoms with van der Waals surface area (Å²) in [6.45, 7) is 5.43. The summed E-state index contributed by atoms with van der Waals surface area (Å²) in [5.74, 6) is 3.27. The lowest BCUT2D eigenvalue weighted by atomic mass is 9.80. The van der Waals surface area contributed by atoms with Crippen LogP contribution < -0.4 is 24.3 Å². The van der Waals surface area contributed by atoms with Gasteiger partial charge in [0.05, 0.1) is 28.4 Å². The van der Waals surface area contributed by atoms with Gasteiger partial charge in [-0.2, -0.15) is 0 Å². The second-order valence-corrected chi connectivity index (χ2v) is 9.77. The number of halogens is 1. The monoisotopic (exact) mass is 514 g/mol. The molecule has 0 saturated carbocycles. The van der Waals surface area contributed by atoms with Gasteiger partial charge in [-0.05, 0) is 85.2 Å². The number of ether oxygens (including phenoxy) is 4. The van der Waals surface area contributed by atoms with Crippen LogP contribution in [0.25, 0.3) is 0 Å². The lowest BCUT2D eigenvalue weighted by Crippen LogP contribution is -2.40. The third-order valence-corrected chi connectivity index (χ3v) is 8.13. The average Bonchev–Trinajstić information content (AvgIpc) is 2.91. The van der Waals surface area contributed by atoms with Crippen molar-refractivity contribution in [3.63, 3.8) is 0 Å². The Labute approximate surface area is 221 Å². The maximum atomic E-state index is 5.66. The molecule has 36 heavy (non-hydrogen) atoms. The Morgan fingerprint density at radius 1 is 0.806 bits per heavy atom. The van der Waals surface area contributed by atoms with Gasteiger partial charge in [0.2, 0.25) is 0 Å². The predicted molar refractivity (Wildman–Crippen MR) is 145 cm³/mol. The van der Waals surface area contributed by atoms with Gasteiger partial charge in [-0.25, -0.2) is 0 Å². The number of fused-ring (bicyclic) bond motifs is 4. The molecule has 2 atom stereocenters. The Morgan fingerprint density at radius 2 is 1.39 bits per heavy atom. The zero-order valence-electron chi connectivity index (χ0n) is 22.1. The number of nitrogens with one attached hydrogen (secondary N) is 1. The first-order valence-corrected chi connectivity index (χ1v) is 12.8. The molecule has 2 aromatic carbocycles. The highest BCUT2D eigenvalue weighted by atomic mass is 35.5. The minimum atomic E-state index is 0. The van der Waals surface area contributed by atoms with E-state index in [2.05, 4.69) is 41.4 Å². The molecule has 7 heteroatoms. The number of hydrogen-bond donors (Lipinski definition) is 1. The molecule has 3 aliphatic heterocycles. The standard InChI is InChI=1S/C29H38N2O4.ClH/c1-6-18-17-31-10-8-20-14-27(33-3)29(35-5)16-23(20)25(31)12-21(18)11-24-22-15-28(34-4)26(32-2)13-19(22)7-9-30-24;/h13-16,24-25,30H,6-12,17H2,1-5H3;1H. The van der Waals surface area contributed by atoms with Crippen LogP contribution in [-0.4, -0.2) is 53.0 Å². The molecule has 6 nitrogen and oxygen atoms in total. The maximum absolute atomic E-state index is 5.66. The Morgan fingerprint density at radius 3 is 2.00 bits per heavy atom. The molecule has 0 aromatic heterocycles. The van der Waals surface area contributed by atoms with E-state index in [1.807, 2.05) is 0 Å². The van der Waals surface area contributed by atoms with E-state index >= 15 is 0 Å². The van der Waals surface area contributed by atoms with Crippen LogP contribution in [0, 0.1) is 0 Å². The van der Waals surface area contributed by atoms with Crippen molar-refractivity contribution in [3.05, 3.63) is 57.7 Å². The summed E-state index contributed by atoms with van der Waals surface area (Å²) in [6, 6.07) is 9.41. The molecule has 0 saturated heterocycles. The van der Waals surface area contributed by atoms with Crippen LogP contribution in [0.1, 0.15) is 60.5 Å². The lowest BCUT2D eigenvalue weighted by Gasteiger charge is -2.43. The summed E-state index contributed by atoms with van der Waals surface area (Å²) < 4.78 is 22.5. The zero-order chi connectivity index (χ0) is 24.5. The number of nitrogens with zero attached hydrogens (tertiary/aromatic N) is 1. The summed E-state index contributed by atoms with van der Waals surface area (Å²) in [6.07, 6.45) is 5.25. The molecule has 0 radical (unpaired) electrons. The molecule has 0 aliphatic carbocycles. The van der Waals surface area contributed by atoms with Gasteiger partial charge < -0.3 is 24.3 Å². The minimum Gasteiger partial charge on any atom is -0.493 e. The van der Waals surface area contributed by atoms with Crippen LogP contribution in [0.15, 0.2) is 35.4 Å². The van der Waals surface area contributed by atoms with E-state index in [0.29, 0.717) is 6.04 Å². The molecular formula is C29H39ClN2O4. The zero-order valence-corrected chi connectivity index (χ0v) is 22.9. The van der Waals surface area contributed by atoms with Crippen molar-refractivity contribution < 1.29 is 18.9 Å². The van der Waals surface area contributed by atoms with Crippen LogP contribution in [0.5, 0.6) is 23.0 Å². The van der Waals surface area contributed by atoms with Gasteiger partial charge >= 0.3 is 0 Å². The van der Waals surface area contributed by atoms with E-state index in [9.17, 15) is 0 Å². The molecule has 0 bridgehead atoms. The first-order valence-electron chi connectivity index (χ1n) is 12.8. The molecule has 196 valence electrons. The molecule has 1 N–H and O–H groups in total. The van der Waals surface area contributed by atoms with Crippen LogP contribution in [0.3, 0.4) is 0 Å². The molecular weight excluding hydrogens is 476 g/mol. The highest BCUT2D eigenvalue weighted by Gasteiger charge is 2.35. The van der Waals surface area contributed by atoms with Crippen molar-refractivity contribution in [2.24, 2.45) is 0 Å². The van der Waals surface area contributed by atoms with Crippen molar-refractivity contribution in [2.75, 3.05) is 48.1 Å². The highest BCUT2D eigenvalue weighted by molar-refractivity contribution is 5.85. The largest absolute Gasteiger partial charge is 0.493 e. The third kappa shape index (κ3) is 4.79. The molecule has 0 spiro atoms. The van der Waals surface area contributed by atoms with Gasteiger partial charge in [0.1, 0.15) is 0 Å². The Hall–Kier alpha value is -2.41. The fourth-order valence-corrected chi connectivity index (χ4v) is 6.23. The summed E-state index contributed by atoms with van der Waals surface area (Å²) in [4.78, 5) is 2.66. The summed E-state index contributed by atoms with van der Waals surface area (Å²) in [7, 11) is 6.86. The quantitative estimate of drug-likeness (QED) is 0.497. The summed E-state index contributed by atoms with van der Waals surface area (Å²) in [5, 5.41) is 3.80. The highest BCUT2D eigenvalue weighted by Crippen LogP contribution is 2.46. The Kier molecular flexibility index (Phi) is 8.38. The van der Waals surface area contributed by atoms with Crippen LogP contribution >= 0.6 is 12.4 Å². The lowest BCUT2D eigenvalue weighted by molar-refractivity contribution is 0.181. The van der Waals surface area contributed by atoms with E-state index in [4.69, 9.17) is 18.9 Å². The predicted octanol–water partition coefficient (Wildman–Crippen LogP) is 5.43. The van der Waals surface area contributed by atoms with E-state index in [-0.39, 0.29) is 18.4 Å². The average molecular weight is 515 g/mol. The van der Waals surface area contributed by atoms with Crippen molar-refractivity contribution in [1.29, 1.82) is 0 Å². The van der Waals surface area contributed by atoms with Crippen LogP contribution in [-0.2, 0) is 12.8 Å². The van der Waals surface area contributed by atoms with Crippen LogP contribution in [0.2, 0.25) is 0 Å². The molecule has 3 heterocycles. The minimum absolute atomic E-state index is 0. The Balaban J connectivity index is 0.00000304. The van der Waals surface area contributed by atoms with Gasteiger partial charge in [-0.15, -0.1) is 12.4 Å². The van der Waals surface area contributed by atoms with Crippen molar-refractivity contribution in [2.45, 2.75) is 51.1 Å². The molecule has 0 amide bonds. The molecule has 2 aromatic rings. The number of rotatable bonds is 7. The fourth-order valence-electron chi connectivity index (χ4n) is 6.23. The first kappa shape index (κ1) is 26.6. The van der Waals surface area contributed by atoms with E-state index in [1.54, 1.807) is 39.6 Å². The summed E-state index contributed by atoms with van der Waals surface area (Å²) in [5.41, 5.74) is 8.68. The SMILES string of the molecule is CCC1=C(CC2NCCc3cc(OC)c(OC)cc32)CC2c3cc(OC)c(OC)cc3CCN2C1.Cl. The normalized spacial score (nSPS) is 21.0. The molecule has 5 rings (SSSR count). The number of benzene rings is 2. The Bertz CT molecular complexity index is 1130. The molecule has 0 fully saturated rings.